The molecule has 0 bridgehead atoms. The maximum absolute atomic E-state index is 6.38. The number of halogens is 1. The predicted octanol–water partition coefficient (Wildman–Crippen LogP) is 6.43. The number of benzene rings is 2. The van der Waals surface area contributed by atoms with Gasteiger partial charge in [-0.15, -0.1) is 0 Å². The minimum atomic E-state index is -1.79. The van der Waals surface area contributed by atoms with Crippen LogP contribution in [-0.2, 0) is 0 Å². The van der Waals surface area contributed by atoms with Crippen molar-refractivity contribution >= 4 is 24.2 Å². The zero-order valence-corrected chi connectivity index (χ0v) is 16.6. The molecule has 117 valence electrons. The summed E-state index contributed by atoms with van der Waals surface area (Å²) in [5.41, 5.74) is 2.35. The molecular weight excluding hydrogens is 352 g/mol. The van der Waals surface area contributed by atoms with Crippen LogP contribution in [0.2, 0.25) is 18.1 Å². The first-order valence-corrected chi connectivity index (χ1v) is 11.3. The molecule has 22 heavy (non-hydrogen) atoms. The Balaban J connectivity index is 2.15. The van der Waals surface area contributed by atoms with Crippen LogP contribution in [0.4, 0.5) is 0 Å². The summed E-state index contributed by atoms with van der Waals surface area (Å²) < 4.78 is 7.47. The highest BCUT2D eigenvalue weighted by atomic mass is 79.9. The Hall–Kier alpha value is -1.06. The van der Waals surface area contributed by atoms with E-state index in [0.29, 0.717) is 0 Å². The Labute approximate surface area is 144 Å². The summed E-state index contributed by atoms with van der Waals surface area (Å²) in [7, 11) is -1.79. The van der Waals surface area contributed by atoms with Gasteiger partial charge >= 0.3 is 0 Å². The third-order valence-corrected chi connectivity index (χ3v) is 9.13. The Bertz CT molecular complexity index is 627. The van der Waals surface area contributed by atoms with E-state index >= 15 is 0 Å². The van der Waals surface area contributed by atoms with Gasteiger partial charge in [0.25, 0.3) is 0 Å². The summed E-state index contributed by atoms with van der Waals surface area (Å²) in [5, 5.41) is 0.207. The molecule has 0 unspecified atom stereocenters. The van der Waals surface area contributed by atoms with E-state index in [1.165, 1.54) is 11.1 Å². The molecule has 2 aromatic rings. The van der Waals surface area contributed by atoms with Crippen molar-refractivity contribution in [3.8, 4) is 5.75 Å². The van der Waals surface area contributed by atoms with Crippen LogP contribution >= 0.6 is 15.9 Å². The maximum Gasteiger partial charge on any atom is 0.250 e. The molecule has 0 fully saturated rings. The number of hydrogen-bond acceptors (Lipinski definition) is 1. The van der Waals surface area contributed by atoms with Gasteiger partial charge in [-0.05, 0) is 53.5 Å². The zero-order valence-electron chi connectivity index (χ0n) is 14.0. The Kier molecular flexibility index (Phi) is 5.18. The largest absolute Gasteiger partial charge is 0.543 e. The molecule has 0 N–H and O–H groups in total. The molecule has 0 aliphatic carbocycles. The summed E-state index contributed by atoms with van der Waals surface area (Å²) in [4.78, 5) is 0. The summed E-state index contributed by atoms with van der Waals surface area (Å²) >= 11 is 3.46. The quantitative estimate of drug-likeness (QED) is 0.559. The van der Waals surface area contributed by atoms with E-state index in [1.807, 2.05) is 0 Å². The first-order valence-electron chi connectivity index (χ1n) is 7.57. The lowest BCUT2D eigenvalue weighted by molar-refractivity contribution is 0.492. The minimum absolute atomic E-state index is 0.207. The Morgan fingerprint density at radius 1 is 0.955 bits per heavy atom. The molecule has 1 radical (unpaired) electrons. The van der Waals surface area contributed by atoms with Gasteiger partial charge in [0.05, 0.1) is 0 Å². The van der Waals surface area contributed by atoms with Gasteiger partial charge in [-0.1, -0.05) is 61.0 Å². The SMILES string of the molecule is CC(C)(C)[Si](C)(C)Oc1cccc([CH]c2ccc(Br)cc2)c1. The molecule has 0 aliphatic rings. The summed E-state index contributed by atoms with van der Waals surface area (Å²) in [6.07, 6.45) is 2.17. The van der Waals surface area contributed by atoms with E-state index in [4.69, 9.17) is 4.43 Å². The molecular formula is C19H24BrOSi. The lowest BCUT2D eigenvalue weighted by Gasteiger charge is -2.36. The van der Waals surface area contributed by atoms with E-state index < -0.39 is 8.32 Å². The van der Waals surface area contributed by atoms with Crippen molar-refractivity contribution < 1.29 is 4.43 Å². The van der Waals surface area contributed by atoms with Gasteiger partial charge < -0.3 is 4.43 Å². The molecule has 0 aromatic heterocycles. The number of hydrogen-bond donors (Lipinski definition) is 0. The normalized spacial score (nSPS) is 12.3. The first-order chi connectivity index (χ1) is 10.2. The average Bonchev–Trinajstić information content (AvgIpc) is 2.40. The zero-order chi connectivity index (χ0) is 16.4. The summed E-state index contributed by atoms with van der Waals surface area (Å²) in [6, 6.07) is 16.7. The second kappa shape index (κ2) is 6.59. The molecule has 0 amide bonds. The van der Waals surface area contributed by atoms with E-state index in [2.05, 4.69) is 105 Å². The topological polar surface area (TPSA) is 9.23 Å². The summed E-state index contributed by atoms with van der Waals surface area (Å²) in [6.45, 7) is 11.3. The van der Waals surface area contributed by atoms with Gasteiger partial charge in [0, 0.05) is 10.9 Å². The van der Waals surface area contributed by atoms with Gasteiger partial charge in [-0.25, -0.2) is 0 Å². The van der Waals surface area contributed by atoms with Crippen LogP contribution in [0.15, 0.2) is 53.0 Å². The number of rotatable bonds is 4. The lowest BCUT2D eigenvalue weighted by atomic mass is 10.1. The fourth-order valence-electron chi connectivity index (χ4n) is 1.87. The van der Waals surface area contributed by atoms with Crippen LogP contribution in [0.1, 0.15) is 31.9 Å². The van der Waals surface area contributed by atoms with Gasteiger partial charge in [0.1, 0.15) is 5.75 Å². The van der Waals surface area contributed by atoms with Crippen molar-refractivity contribution in [2.45, 2.75) is 38.9 Å². The third-order valence-electron chi connectivity index (χ3n) is 4.24. The molecule has 2 rings (SSSR count). The molecule has 1 nitrogen and oxygen atoms in total. The molecule has 0 atom stereocenters. The average molecular weight is 376 g/mol. The van der Waals surface area contributed by atoms with Crippen LogP contribution in [0.5, 0.6) is 5.75 Å². The van der Waals surface area contributed by atoms with Gasteiger partial charge in [-0.3, -0.25) is 0 Å². The third kappa shape index (κ3) is 4.47. The van der Waals surface area contributed by atoms with Crippen LogP contribution in [0.3, 0.4) is 0 Å². The Morgan fingerprint density at radius 3 is 2.18 bits per heavy atom. The van der Waals surface area contributed by atoms with E-state index in [9.17, 15) is 0 Å². The molecule has 0 saturated heterocycles. The standard InChI is InChI=1S/C19H24BrOSi/c1-19(2,3)22(4,5)21-18-8-6-7-16(14-18)13-15-9-11-17(20)12-10-15/h6-14H,1-5H3. The molecule has 0 spiro atoms. The molecule has 3 heteroatoms. The van der Waals surface area contributed by atoms with Crippen LogP contribution in [-0.4, -0.2) is 8.32 Å². The van der Waals surface area contributed by atoms with Crippen molar-refractivity contribution in [2.75, 3.05) is 0 Å². The fraction of sp³-hybridized carbons (Fsp3) is 0.316. The van der Waals surface area contributed by atoms with Gasteiger partial charge in [0.15, 0.2) is 0 Å². The van der Waals surface area contributed by atoms with Crippen LogP contribution < -0.4 is 4.43 Å². The summed E-state index contributed by atoms with van der Waals surface area (Å²) in [5.74, 6) is 0.970. The second-order valence-corrected chi connectivity index (χ2v) is 12.8. The van der Waals surface area contributed by atoms with Crippen molar-refractivity contribution in [3.05, 3.63) is 70.6 Å². The van der Waals surface area contributed by atoms with E-state index in [0.717, 1.165) is 10.2 Å². The van der Waals surface area contributed by atoms with Crippen LogP contribution in [0.25, 0.3) is 0 Å². The fourth-order valence-corrected chi connectivity index (χ4v) is 3.15. The van der Waals surface area contributed by atoms with Crippen molar-refractivity contribution in [1.82, 2.24) is 0 Å². The molecule has 0 saturated carbocycles. The Morgan fingerprint density at radius 2 is 1.59 bits per heavy atom. The lowest BCUT2D eigenvalue weighted by Crippen LogP contribution is -2.43. The van der Waals surface area contributed by atoms with Crippen molar-refractivity contribution in [1.29, 1.82) is 0 Å². The van der Waals surface area contributed by atoms with E-state index in [-0.39, 0.29) is 5.04 Å². The second-order valence-electron chi connectivity index (χ2n) is 7.13. The molecule has 0 heterocycles. The van der Waals surface area contributed by atoms with Crippen LogP contribution in [0, 0.1) is 6.42 Å². The van der Waals surface area contributed by atoms with Gasteiger partial charge in [0.2, 0.25) is 8.32 Å². The highest BCUT2D eigenvalue weighted by Gasteiger charge is 2.38. The van der Waals surface area contributed by atoms with Crippen molar-refractivity contribution in [2.24, 2.45) is 0 Å². The first kappa shape index (κ1) is 17.3. The minimum Gasteiger partial charge on any atom is -0.543 e. The smallest absolute Gasteiger partial charge is 0.250 e. The van der Waals surface area contributed by atoms with Gasteiger partial charge in [-0.2, -0.15) is 0 Å². The van der Waals surface area contributed by atoms with Crippen molar-refractivity contribution in [3.63, 3.8) is 0 Å². The molecule has 2 aromatic carbocycles. The highest BCUT2D eigenvalue weighted by molar-refractivity contribution is 9.10. The van der Waals surface area contributed by atoms with E-state index in [1.54, 1.807) is 0 Å². The molecule has 0 aliphatic heterocycles. The maximum atomic E-state index is 6.38. The highest BCUT2D eigenvalue weighted by Crippen LogP contribution is 2.37. The predicted molar refractivity (Wildman–Crippen MR) is 101 cm³/mol. The monoisotopic (exact) mass is 375 g/mol.